The first-order valence-electron chi connectivity index (χ1n) is 12.0. The quantitative estimate of drug-likeness (QED) is 0.283. The highest BCUT2D eigenvalue weighted by molar-refractivity contribution is 7.89. The molecule has 1 unspecified atom stereocenters. The molecule has 3 aromatic rings. The first-order chi connectivity index (χ1) is 18.3. The minimum absolute atomic E-state index is 0.0186. The third kappa shape index (κ3) is 7.69. The molecule has 9 nitrogen and oxygen atoms in total. The number of carbonyl (C=O) groups excluding carboxylic acids is 2. The van der Waals surface area contributed by atoms with E-state index < -0.39 is 22.1 Å². The van der Waals surface area contributed by atoms with Gasteiger partial charge in [0.1, 0.15) is 5.75 Å². The number of sulfonamides is 1. The normalized spacial score (nSPS) is 11.9. The number of carbonyl (C=O) groups is 2. The number of hydrogen-bond acceptors (Lipinski definition) is 8. The van der Waals surface area contributed by atoms with E-state index in [2.05, 4.69) is 4.98 Å². The van der Waals surface area contributed by atoms with Crippen molar-refractivity contribution in [2.24, 2.45) is 0 Å². The molecule has 2 aromatic carbocycles. The fourth-order valence-electron chi connectivity index (χ4n) is 3.73. The predicted octanol–water partition coefficient (Wildman–Crippen LogP) is 5.05. The summed E-state index contributed by atoms with van der Waals surface area (Å²) in [6.07, 6.45) is 2.62. The van der Waals surface area contributed by atoms with Crippen molar-refractivity contribution in [3.05, 3.63) is 89.2 Å². The Morgan fingerprint density at radius 1 is 0.947 bits per heavy atom. The van der Waals surface area contributed by atoms with E-state index in [1.165, 1.54) is 24.3 Å². The zero-order valence-corrected chi connectivity index (χ0v) is 22.7. The zero-order chi connectivity index (χ0) is 27.5. The van der Waals surface area contributed by atoms with Gasteiger partial charge in [-0.05, 0) is 73.9 Å². The first-order valence-corrected chi connectivity index (χ1v) is 13.8. The summed E-state index contributed by atoms with van der Waals surface area (Å²) in [5.74, 6) is -0.295. The standard InChI is InChI=1S/C27H29ClN2O7S/c1-3-35-26(31)19-37-23-11-7-20(8-12-23)25(21-6-5-16-29-18-21)15-17-30(27(32)36-4-2)38(33,34)24-13-9-22(28)10-14-24/h5-14,16,18,25H,3-4,15,17,19H2,1-2H3. The molecule has 202 valence electrons. The molecule has 0 aliphatic heterocycles. The SMILES string of the molecule is CCOC(=O)COc1ccc(C(CCN(C(=O)OCC)S(=O)(=O)c2ccc(Cl)cc2)c2cccnc2)cc1. The van der Waals surface area contributed by atoms with Gasteiger partial charge in [0.25, 0.3) is 10.0 Å². The number of nitrogens with zero attached hydrogens (tertiary/aromatic N) is 2. The fraction of sp³-hybridized carbons (Fsp3) is 0.296. The second kappa shape index (κ2) is 13.8. The monoisotopic (exact) mass is 560 g/mol. The van der Waals surface area contributed by atoms with Crippen molar-refractivity contribution in [1.82, 2.24) is 9.29 Å². The fourth-order valence-corrected chi connectivity index (χ4v) is 5.19. The summed E-state index contributed by atoms with van der Waals surface area (Å²) in [6.45, 7) is 3.25. The van der Waals surface area contributed by atoms with Gasteiger partial charge in [-0.25, -0.2) is 22.3 Å². The van der Waals surface area contributed by atoms with Crippen molar-refractivity contribution in [3.8, 4) is 5.75 Å². The Morgan fingerprint density at radius 2 is 1.63 bits per heavy atom. The van der Waals surface area contributed by atoms with Crippen LogP contribution in [-0.4, -0.2) is 56.1 Å². The molecule has 0 aliphatic rings. The average molecular weight is 561 g/mol. The van der Waals surface area contributed by atoms with Gasteiger partial charge in [-0.1, -0.05) is 29.8 Å². The van der Waals surface area contributed by atoms with Crippen LogP contribution in [0.3, 0.4) is 0 Å². The minimum Gasteiger partial charge on any atom is -0.482 e. The molecule has 1 amide bonds. The molecular weight excluding hydrogens is 532 g/mol. The smallest absolute Gasteiger partial charge is 0.423 e. The summed E-state index contributed by atoms with van der Waals surface area (Å²) in [5.41, 5.74) is 1.68. The van der Waals surface area contributed by atoms with Crippen LogP contribution >= 0.6 is 11.6 Å². The van der Waals surface area contributed by atoms with E-state index in [9.17, 15) is 18.0 Å². The lowest BCUT2D eigenvalue weighted by Crippen LogP contribution is -2.38. The van der Waals surface area contributed by atoms with Gasteiger partial charge in [0.05, 0.1) is 18.1 Å². The van der Waals surface area contributed by atoms with E-state index in [0.29, 0.717) is 10.8 Å². The van der Waals surface area contributed by atoms with Gasteiger partial charge in [-0.15, -0.1) is 0 Å². The largest absolute Gasteiger partial charge is 0.482 e. The molecular formula is C27H29ClN2O7S. The van der Waals surface area contributed by atoms with Crippen molar-refractivity contribution in [1.29, 1.82) is 0 Å². The second-order valence-electron chi connectivity index (χ2n) is 8.02. The highest BCUT2D eigenvalue weighted by atomic mass is 35.5. The van der Waals surface area contributed by atoms with Crippen molar-refractivity contribution in [2.45, 2.75) is 31.1 Å². The van der Waals surface area contributed by atoms with E-state index in [0.717, 1.165) is 15.4 Å². The van der Waals surface area contributed by atoms with Crippen molar-refractivity contribution < 1.29 is 32.2 Å². The van der Waals surface area contributed by atoms with Crippen LogP contribution in [0.1, 0.15) is 37.3 Å². The molecule has 38 heavy (non-hydrogen) atoms. The lowest BCUT2D eigenvalue weighted by molar-refractivity contribution is -0.145. The van der Waals surface area contributed by atoms with Crippen LogP contribution < -0.4 is 4.74 Å². The third-order valence-corrected chi connectivity index (χ3v) is 7.56. The van der Waals surface area contributed by atoms with Gasteiger partial charge >= 0.3 is 12.1 Å². The number of rotatable bonds is 12. The van der Waals surface area contributed by atoms with Crippen LogP contribution in [0.5, 0.6) is 5.75 Å². The molecule has 1 atom stereocenters. The molecule has 0 saturated heterocycles. The molecule has 1 heterocycles. The van der Waals surface area contributed by atoms with Gasteiger partial charge in [0.15, 0.2) is 6.61 Å². The molecule has 0 N–H and O–H groups in total. The molecule has 0 fully saturated rings. The molecule has 0 radical (unpaired) electrons. The highest BCUT2D eigenvalue weighted by Crippen LogP contribution is 2.30. The highest BCUT2D eigenvalue weighted by Gasteiger charge is 2.31. The summed E-state index contributed by atoms with van der Waals surface area (Å²) >= 11 is 5.91. The number of benzene rings is 2. The number of aromatic nitrogens is 1. The molecule has 0 spiro atoms. The molecule has 11 heteroatoms. The minimum atomic E-state index is -4.21. The summed E-state index contributed by atoms with van der Waals surface area (Å²) in [4.78, 5) is 28.5. The van der Waals surface area contributed by atoms with E-state index in [4.69, 9.17) is 25.8 Å². The van der Waals surface area contributed by atoms with Gasteiger partial charge in [0.2, 0.25) is 0 Å². The van der Waals surface area contributed by atoms with Crippen LogP contribution in [0.25, 0.3) is 0 Å². The van der Waals surface area contributed by atoms with Crippen LogP contribution in [0.15, 0.2) is 78.0 Å². The van der Waals surface area contributed by atoms with Crippen LogP contribution in [-0.2, 0) is 24.3 Å². The van der Waals surface area contributed by atoms with Crippen molar-refractivity contribution >= 4 is 33.7 Å². The number of ether oxygens (including phenoxy) is 3. The third-order valence-electron chi connectivity index (χ3n) is 5.53. The summed E-state index contributed by atoms with van der Waals surface area (Å²) < 4.78 is 42.9. The Kier molecular flexibility index (Phi) is 10.5. The van der Waals surface area contributed by atoms with E-state index in [1.54, 1.807) is 44.4 Å². The lowest BCUT2D eigenvalue weighted by atomic mass is 9.89. The number of pyridine rings is 1. The van der Waals surface area contributed by atoms with E-state index >= 15 is 0 Å². The lowest BCUT2D eigenvalue weighted by Gasteiger charge is -2.25. The Morgan fingerprint density at radius 3 is 2.24 bits per heavy atom. The Labute approximate surface area is 227 Å². The molecule has 0 bridgehead atoms. The topological polar surface area (TPSA) is 112 Å². The van der Waals surface area contributed by atoms with Gasteiger partial charge < -0.3 is 14.2 Å². The van der Waals surface area contributed by atoms with Crippen molar-refractivity contribution in [3.63, 3.8) is 0 Å². The van der Waals surface area contributed by atoms with Gasteiger partial charge in [0, 0.05) is 29.9 Å². The Balaban J connectivity index is 1.86. The average Bonchev–Trinajstić information content (AvgIpc) is 2.91. The first kappa shape index (κ1) is 28.9. The number of halogens is 1. The second-order valence-corrected chi connectivity index (χ2v) is 10.3. The molecule has 1 aromatic heterocycles. The maximum Gasteiger partial charge on any atom is 0.423 e. The van der Waals surface area contributed by atoms with Crippen LogP contribution in [0.2, 0.25) is 5.02 Å². The number of amides is 1. The van der Waals surface area contributed by atoms with Gasteiger partial charge in [-0.2, -0.15) is 0 Å². The van der Waals surface area contributed by atoms with E-state index in [1.807, 2.05) is 18.2 Å². The Hall–Kier alpha value is -3.63. The molecule has 3 rings (SSSR count). The maximum atomic E-state index is 13.4. The number of hydrogen-bond donors (Lipinski definition) is 0. The maximum absolute atomic E-state index is 13.4. The number of esters is 1. The summed E-state index contributed by atoms with van der Waals surface area (Å²) in [5, 5.41) is 0.373. The van der Waals surface area contributed by atoms with E-state index in [-0.39, 0.29) is 43.6 Å². The van der Waals surface area contributed by atoms with Crippen molar-refractivity contribution in [2.75, 3.05) is 26.4 Å². The van der Waals surface area contributed by atoms with Gasteiger partial charge in [-0.3, -0.25) is 4.98 Å². The molecule has 0 saturated carbocycles. The zero-order valence-electron chi connectivity index (χ0n) is 21.1. The van der Waals surface area contributed by atoms with Crippen LogP contribution in [0, 0.1) is 0 Å². The predicted molar refractivity (Wildman–Crippen MR) is 142 cm³/mol. The molecule has 0 aliphatic carbocycles. The Bertz CT molecular complexity index is 1300. The summed E-state index contributed by atoms with van der Waals surface area (Å²) in [6, 6.07) is 16.3. The van der Waals surface area contributed by atoms with Crippen LogP contribution in [0.4, 0.5) is 4.79 Å². The summed E-state index contributed by atoms with van der Waals surface area (Å²) in [7, 11) is -4.21.